The Labute approximate surface area is 88.2 Å². The lowest BCUT2D eigenvalue weighted by atomic mass is 10.1. The number of pyridine rings is 1. The van der Waals surface area contributed by atoms with Gasteiger partial charge in [-0.2, -0.15) is 0 Å². The minimum absolute atomic E-state index is 0.377. The molecule has 0 saturated carbocycles. The SMILES string of the molecule is Fc1cncc(-c2cncnc2Br)c1. The van der Waals surface area contributed by atoms with Gasteiger partial charge in [-0.3, -0.25) is 4.98 Å². The van der Waals surface area contributed by atoms with E-state index < -0.39 is 0 Å². The van der Waals surface area contributed by atoms with Gasteiger partial charge >= 0.3 is 0 Å². The first-order valence-electron chi connectivity index (χ1n) is 3.84. The molecule has 0 atom stereocenters. The van der Waals surface area contributed by atoms with E-state index in [-0.39, 0.29) is 5.82 Å². The second-order valence-corrected chi connectivity index (χ2v) is 3.37. The van der Waals surface area contributed by atoms with E-state index >= 15 is 0 Å². The van der Waals surface area contributed by atoms with E-state index in [4.69, 9.17) is 0 Å². The highest BCUT2D eigenvalue weighted by Gasteiger charge is 2.04. The number of aromatic nitrogens is 3. The van der Waals surface area contributed by atoms with Crippen LogP contribution in [0.4, 0.5) is 4.39 Å². The first-order valence-corrected chi connectivity index (χ1v) is 4.63. The van der Waals surface area contributed by atoms with E-state index in [1.165, 1.54) is 12.4 Å². The third-order valence-corrected chi connectivity index (χ3v) is 2.31. The predicted molar refractivity (Wildman–Crippen MR) is 52.9 cm³/mol. The van der Waals surface area contributed by atoms with Gasteiger partial charge in [0, 0.05) is 23.5 Å². The number of halogens is 2. The molecule has 70 valence electrons. The van der Waals surface area contributed by atoms with Gasteiger partial charge < -0.3 is 0 Å². The summed E-state index contributed by atoms with van der Waals surface area (Å²) in [6, 6.07) is 1.39. The smallest absolute Gasteiger partial charge is 0.142 e. The average Bonchev–Trinajstić information content (AvgIpc) is 2.18. The van der Waals surface area contributed by atoms with Crippen molar-refractivity contribution in [2.24, 2.45) is 0 Å². The second-order valence-electron chi connectivity index (χ2n) is 2.62. The summed E-state index contributed by atoms with van der Waals surface area (Å²) in [5, 5.41) is 0. The molecule has 0 aromatic carbocycles. The molecule has 5 heteroatoms. The van der Waals surface area contributed by atoms with Gasteiger partial charge in [-0.15, -0.1) is 0 Å². The van der Waals surface area contributed by atoms with Gasteiger partial charge in [0.1, 0.15) is 16.7 Å². The van der Waals surface area contributed by atoms with Crippen molar-refractivity contribution in [1.29, 1.82) is 0 Å². The zero-order valence-electron chi connectivity index (χ0n) is 6.98. The van der Waals surface area contributed by atoms with Gasteiger partial charge in [0.05, 0.1) is 6.20 Å². The van der Waals surface area contributed by atoms with Crippen molar-refractivity contribution < 1.29 is 4.39 Å². The van der Waals surface area contributed by atoms with E-state index in [9.17, 15) is 4.39 Å². The Hall–Kier alpha value is -1.36. The monoisotopic (exact) mass is 253 g/mol. The van der Waals surface area contributed by atoms with Crippen LogP contribution in [0.15, 0.2) is 35.6 Å². The molecule has 2 aromatic heterocycles. The van der Waals surface area contributed by atoms with Crippen molar-refractivity contribution in [3.63, 3.8) is 0 Å². The van der Waals surface area contributed by atoms with Crippen molar-refractivity contribution in [2.45, 2.75) is 0 Å². The third kappa shape index (κ3) is 1.77. The largest absolute Gasteiger partial charge is 0.261 e. The molecule has 0 bridgehead atoms. The van der Waals surface area contributed by atoms with E-state index in [1.54, 1.807) is 12.4 Å². The van der Waals surface area contributed by atoms with Crippen LogP contribution in [0.1, 0.15) is 0 Å². The highest BCUT2D eigenvalue weighted by molar-refractivity contribution is 9.10. The van der Waals surface area contributed by atoms with Crippen LogP contribution in [0.3, 0.4) is 0 Å². The molecule has 0 saturated heterocycles. The Bertz CT molecular complexity index is 461. The third-order valence-electron chi connectivity index (χ3n) is 1.68. The van der Waals surface area contributed by atoms with Crippen LogP contribution in [0.25, 0.3) is 11.1 Å². The topological polar surface area (TPSA) is 38.7 Å². The fraction of sp³-hybridized carbons (Fsp3) is 0. The minimum atomic E-state index is -0.377. The zero-order valence-corrected chi connectivity index (χ0v) is 8.57. The number of rotatable bonds is 1. The van der Waals surface area contributed by atoms with Crippen LogP contribution in [0, 0.1) is 5.82 Å². The van der Waals surface area contributed by atoms with Gasteiger partial charge in [0.15, 0.2) is 0 Å². The summed E-state index contributed by atoms with van der Waals surface area (Å²) < 4.78 is 13.5. The molecule has 3 nitrogen and oxygen atoms in total. The molecular weight excluding hydrogens is 249 g/mol. The Morgan fingerprint density at radius 1 is 1.14 bits per heavy atom. The Kier molecular flexibility index (Phi) is 2.49. The lowest BCUT2D eigenvalue weighted by Crippen LogP contribution is -1.87. The molecule has 0 aliphatic heterocycles. The summed E-state index contributed by atoms with van der Waals surface area (Å²) >= 11 is 3.26. The van der Waals surface area contributed by atoms with Crippen LogP contribution in [-0.4, -0.2) is 15.0 Å². The van der Waals surface area contributed by atoms with Crippen molar-refractivity contribution in [3.05, 3.63) is 41.4 Å². The van der Waals surface area contributed by atoms with E-state index in [0.717, 1.165) is 11.8 Å². The molecule has 2 heterocycles. The summed E-state index contributed by atoms with van der Waals surface area (Å²) in [5.41, 5.74) is 1.37. The summed E-state index contributed by atoms with van der Waals surface area (Å²) in [7, 11) is 0. The Morgan fingerprint density at radius 3 is 2.71 bits per heavy atom. The lowest BCUT2D eigenvalue weighted by Gasteiger charge is -2.01. The first-order chi connectivity index (χ1) is 6.77. The zero-order chi connectivity index (χ0) is 9.97. The molecule has 0 radical (unpaired) electrons. The highest BCUT2D eigenvalue weighted by Crippen LogP contribution is 2.24. The summed E-state index contributed by atoms with van der Waals surface area (Å²) in [5.74, 6) is -0.377. The number of nitrogens with zero attached hydrogens (tertiary/aromatic N) is 3. The van der Waals surface area contributed by atoms with Gasteiger partial charge in [0.2, 0.25) is 0 Å². The van der Waals surface area contributed by atoms with Crippen LogP contribution in [-0.2, 0) is 0 Å². The van der Waals surface area contributed by atoms with E-state index in [1.807, 2.05) is 0 Å². The molecule has 0 spiro atoms. The molecular formula is C9H5BrFN3. The van der Waals surface area contributed by atoms with Gasteiger partial charge in [-0.1, -0.05) is 0 Å². The fourth-order valence-electron chi connectivity index (χ4n) is 1.07. The molecule has 0 fully saturated rings. The van der Waals surface area contributed by atoms with Crippen molar-refractivity contribution >= 4 is 15.9 Å². The second kappa shape index (κ2) is 3.79. The maximum atomic E-state index is 12.9. The fourth-order valence-corrected chi connectivity index (χ4v) is 1.49. The minimum Gasteiger partial charge on any atom is -0.261 e. The van der Waals surface area contributed by atoms with E-state index in [0.29, 0.717) is 10.2 Å². The van der Waals surface area contributed by atoms with Gasteiger partial charge in [-0.25, -0.2) is 14.4 Å². The van der Waals surface area contributed by atoms with Crippen LogP contribution >= 0.6 is 15.9 Å². The Balaban J connectivity index is 2.55. The maximum Gasteiger partial charge on any atom is 0.142 e. The normalized spacial score (nSPS) is 10.1. The molecule has 0 amide bonds. The molecule has 0 aliphatic rings. The molecule has 0 unspecified atom stereocenters. The Morgan fingerprint density at radius 2 is 2.00 bits per heavy atom. The van der Waals surface area contributed by atoms with Crippen molar-refractivity contribution in [2.75, 3.05) is 0 Å². The van der Waals surface area contributed by atoms with Gasteiger partial charge in [0.25, 0.3) is 0 Å². The van der Waals surface area contributed by atoms with Crippen LogP contribution in [0.2, 0.25) is 0 Å². The molecule has 2 rings (SSSR count). The van der Waals surface area contributed by atoms with Crippen molar-refractivity contribution in [1.82, 2.24) is 15.0 Å². The van der Waals surface area contributed by atoms with Gasteiger partial charge in [-0.05, 0) is 22.0 Å². The average molecular weight is 254 g/mol. The number of hydrogen-bond acceptors (Lipinski definition) is 3. The predicted octanol–water partition coefficient (Wildman–Crippen LogP) is 2.44. The molecule has 14 heavy (non-hydrogen) atoms. The van der Waals surface area contributed by atoms with Crippen LogP contribution < -0.4 is 0 Å². The summed E-state index contributed by atoms with van der Waals surface area (Å²) in [4.78, 5) is 11.6. The number of hydrogen-bond donors (Lipinski definition) is 0. The molecule has 0 N–H and O–H groups in total. The summed E-state index contributed by atoms with van der Waals surface area (Å²) in [6.45, 7) is 0. The van der Waals surface area contributed by atoms with Crippen LogP contribution in [0.5, 0.6) is 0 Å². The first kappa shape index (κ1) is 9.21. The quantitative estimate of drug-likeness (QED) is 0.733. The maximum absolute atomic E-state index is 12.9. The lowest BCUT2D eigenvalue weighted by molar-refractivity contribution is 0.622. The molecule has 2 aromatic rings. The van der Waals surface area contributed by atoms with E-state index in [2.05, 4.69) is 30.9 Å². The highest BCUT2D eigenvalue weighted by atomic mass is 79.9. The van der Waals surface area contributed by atoms with Crippen molar-refractivity contribution in [3.8, 4) is 11.1 Å². The molecule has 0 aliphatic carbocycles. The summed E-state index contributed by atoms with van der Waals surface area (Å²) in [6.07, 6.45) is 5.74. The standard InChI is InChI=1S/C9H5BrFN3/c10-9-8(4-13-5-14-9)6-1-7(11)3-12-2-6/h1-5H.